The molecule has 1 atom stereocenters. The molecule has 2 aromatic heterocycles. The van der Waals surface area contributed by atoms with Crippen LogP contribution in [0.15, 0.2) is 45.9 Å². The number of furan rings is 1. The standard InChI is InChI=1S/C25H32N4O7S/c1-7-15(2)22(30)27-17-10-11-19(20(13-17)37(33,34)26-14-18-9-8-12-35-18)36-23-16(3)21(24(31)32)28-29(23)25(4,5)6/h8-13,15,26H,7,14H2,1-6H3,(H,27,30)(H,31,32). The highest BCUT2D eigenvalue weighted by molar-refractivity contribution is 7.89. The van der Waals surface area contributed by atoms with Crippen LogP contribution in [0.2, 0.25) is 0 Å². The maximum absolute atomic E-state index is 13.4. The van der Waals surface area contributed by atoms with Gasteiger partial charge in [0.05, 0.1) is 18.3 Å². The second kappa shape index (κ2) is 10.8. The van der Waals surface area contributed by atoms with E-state index in [0.717, 1.165) is 0 Å². The van der Waals surface area contributed by atoms with Crippen molar-refractivity contribution >= 4 is 27.6 Å². The van der Waals surface area contributed by atoms with Gasteiger partial charge >= 0.3 is 5.97 Å². The number of anilines is 1. The monoisotopic (exact) mass is 532 g/mol. The number of hydrogen-bond donors (Lipinski definition) is 3. The molecule has 0 aliphatic heterocycles. The Morgan fingerprint density at radius 1 is 1.24 bits per heavy atom. The normalized spacial score (nSPS) is 12.8. The average Bonchev–Trinajstić information content (AvgIpc) is 3.46. The second-order valence-electron chi connectivity index (χ2n) is 9.63. The Hall–Kier alpha value is -3.64. The highest BCUT2D eigenvalue weighted by atomic mass is 32.2. The second-order valence-corrected chi connectivity index (χ2v) is 11.4. The Morgan fingerprint density at radius 3 is 2.51 bits per heavy atom. The number of amides is 1. The maximum Gasteiger partial charge on any atom is 0.356 e. The molecular weight excluding hydrogens is 500 g/mol. The van der Waals surface area contributed by atoms with Gasteiger partial charge in [-0.15, -0.1) is 0 Å². The van der Waals surface area contributed by atoms with Crippen LogP contribution in [0.1, 0.15) is 62.9 Å². The van der Waals surface area contributed by atoms with Crippen LogP contribution < -0.4 is 14.8 Å². The zero-order chi connectivity index (χ0) is 27.5. The van der Waals surface area contributed by atoms with Crippen LogP contribution in [0.3, 0.4) is 0 Å². The number of aromatic nitrogens is 2. The van der Waals surface area contributed by atoms with Crippen LogP contribution in [0, 0.1) is 12.8 Å². The third kappa shape index (κ3) is 6.38. The number of hydrogen-bond acceptors (Lipinski definition) is 7. The third-order valence-corrected chi connectivity index (χ3v) is 7.11. The minimum Gasteiger partial charge on any atom is -0.476 e. The highest BCUT2D eigenvalue weighted by Crippen LogP contribution is 2.36. The lowest BCUT2D eigenvalue weighted by Gasteiger charge is -2.23. The van der Waals surface area contributed by atoms with Gasteiger partial charge in [0.15, 0.2) is 5.69 Å². The Morgan fingerprint density at radius 2 is 1.95 bits per heavy atom. The van der Waals surface area contributed by atoms with Gasteiger partial charge in [-0.05, 0) is 64.4 Å². The van der Waals surface area contributed by atoms with E-state index in [-0.39, 0.29) is 51.8 Å². The van der Waals surface area contributed by atoms with Crippen molar-refractivity contribution in [2.75, 3.05) is 5.32 Å². The first kappa shape index (κ1) is 27.9. The van der Waals surface area contributed by atoms with E-state index in [1.54, 1.807) is 19.1 Å². The molecule has 3 rings (SSSR count). The summed E-state index contributed by atoms with van der Waals surface area (Å²) in [4.78, 5) is 23.9. The molecule has 200 valence electrons. The van der Waals surface area contributed by atoms with Crippen LogP contribution >= 0.6 is 0 Å². The summed E-state index contributed by atoms with van der Waals surface area (Å²) in [5.74, 6) is -1.34. The van der Waals surface area contributed by atoms with Crippen molar-refractivity contribution in [2.24, 2.45) is 5.92 Å². The molecule has 37 heavy (non-hydrogen) atoms. The van der Waals surface area contributed by atoms with Gasteiger partial charge in [0.1, 0.15) is 16.4 Å². The van der Waals surface area contributed by atoms with Gasteiger partial charge in [-0.1, -0.05) is 13.8 Å². The van der Waals surface area contributed by atoms with Gasteiger partial charge < -0.3 is 19.6 Å². The van der Waals surface area contributed by atoms with Crippen LogP contribution in [0.25, 0.3) is 0 Å². The van der Waals surface area contributed by atoms with Crippen molar-refractivity contribution < 1.29 is 32.3 Å². The fourth-order valence-corrected chi connectivity index (χ4v) is 4.49. The molecule has 0 fully saturated rings. The number of carbonyl (C=O) groups excluding carboxylic acids is 1. The number of benzene rings is 1. The quantitative estimate of drug-likeness (QED) is 0.345. The number of rotatable bonds is 10. The van der Waals surface area contributed by atoms with Gasteiger partial charge in [-0.25, -0.2) is 22.6 Å². The van der Waals surface area contributed by atoms with Gasteiger partial charge in [-0.3, -0.25) is 4.79 Å². The highest BCUT2D eigenvalue weighted by Gasteiger charge is 2.30. The Bertz CT molecular complexity index is 1390. The summed E-state index contributed by atoms with van der Waals surface area (Å²) in [7, 11) is -4.17. The molecule has 0 saturated heterocycles. The Labute approximate surface area is 215 Å². The predicted molar refractivity (Wildman–Crippen MR) is 136 cm³/mol. The largest absolute Gasteiger partial charge is 0.476 e. The third-order valence-electron chi connectivity index (χ3n) is 5.69. The lowest BCUT2D eigenvalue weighted by Crippen LogP contribution is -2.25. The number of sulfonamides is 1. The summed E-state index contributed by atoms with van der Waals surface area (Å²) in [6.07, 6.45) is 2.05. The predicted octanol–water partition coefficient (Wildman–Crippen LogP) is 4.49. The fourth-order valence-electron chi connectivity index (χ4n) is 3.35. The number of aromatic carboxylic acids is 1. The minimum absolute atomic E-state index is 0.0704. The lowest BCUT2D eigenvalue weighted by atomic mass is 10.1. The summed E-state index contributed by atoms with van der Waals surface area (Å²) in [6, 6.07) is 7.49. The van der Waals surface area contributed by atoms with Gasteiger partial charge in [0, 0.05) is 17.2 Å². The van der Waals surface area contributed by atoms with Crippen molar-refractivity contribution in [1.29, 1.82) is 0 Å². The van der Waals surface area contributed by atoms with E-state index in [0.29, 0.717) is 12.2 Å². The Balaban J connectivity index is 2.09. The minimum atomic E-state index is -4.17. The van der Waals surface area contributed by atoms with Crippen molar-refractivity contribution in [2.45, 2.75) is 64.9 Å². The molecule has 0 aliphatic carbocycles. The number of ether oxygens (including phenoxy) is 1. The smallest absolute Gasteiger partial charge is 0.356 e. The molecule has 11 nitrogen and oxygen atoms in total. The van der Waals surface area contributed by atoms with Gasteiger partial charge in [0.25, 0.3) is 0 Å². The van der Waals surface area contributed by atoms with E-state index < -0.39 is 21.5 Å². The summed E-state index contributed by atoms with van der Waals surface area (Å²) < 4.78 is 41.9. The van der Waals surface area contributed by atoms with Crippen molar-refractivity contribution in [3.8, 4) is 11.6 Å². The summed E-state index contributed by atoms with van der Waals surface area (Å²) in [5.41, 5.74) is -0.372. The zero-order valence-electron chi connectivity index (χ0n) is 21.7. The van der Waals surface area contributed by atoms with E-state index in [9.17, 15) is 23.1 Å². The molecule has 1 aromatic carbocycles. The average molecular weight is 533 g/mol. The van der Waals surface area contributed by atoms with Crippen LogP contribution in [-0.2, 0) is 26.9 Å². The van der Waals surface area contributed by atoms with Crippen molar-refractivity contribution in [1.82, 2.24) is 14.5 Å². The van der Waals surface area contributed by atoms with Crippen LogP contribution in [0.5, 0.6) is 11.6 Å². The molecule has 3 N–H and O–H groups in total. The fraction of sp³-hybridized carbons (Fsp3) is 0.400. The summed E-state index contributed by atoms with van der Waals surface area (Å²) >= 11 is 0. The molecule has 2 heterocycles. The van der Waals surface area contributed by atoms with Crippen LogP contribution in [-0.4, -0.2) is 35.2 Å². The SMILES string of the molecule is CCC(C)C(=O)Nc1ccc(Oc2c(C)c(C(=O)O)nn2C(C)(C)C)c(S(=O)(=O)NCc2ccco2)c1. The van der Waals surface area contributed by atoms with E-state index >= 15 is 0 Å². The van der Waals surface area contributed by atoms with E-state index in [2.05, 4.69) is 15.1 Å². The van der Waals surface area contributed by atoms with E-state index in [1.165, 1.54) is 36.1 Å². The van der Waals surface area contributed by atoms with E-state index in [1.807, 2.05) is 27.7 Å². The lowest BCUT2D eigenvalue weighted by molar-refractivity contribution is -0.119. The summed E-state index contributed by atoms with van der Waals surface area (Å²) in [5, 5.41) is 16.5. The Kier molecular flexibility index (Phi) is 8.13. The molecular formula is C25H32N4O7S. The molecule has 3 aromatic rings. The molecule has 1 amide bonds. The zero-order valence-corrected chi connectivity index (χ0v) is 22.5. The van der Waals surface area contributed by atoms with Crippen LogP contribution in [0.4, 0.5) is 5.69 Å². The molecule has 1 unspecified atom stereocenters. The van der Waals surface area contributed by atoms with Crippen molar-refractivity contribution in [3.05, 3.63) is 53.6 Å². The topological polar surface area (TPSA) is 153 Å². The number of carboxylic acid groups (broad SMARTS) is 1. The molecule has 0 spiro atoms. The number of carbonyl (C=O) groups is 2. The number of carboxylic acids is 1. The maximum atomic E-state index is 13.4. The van der Waals surface area contributed by atoms with Gasteiger partial charge in [-0.2, -0.15) is 5.10 Å². The molecule has 0 saturated carbocycles. The van der Waals surface area contributed by atoms with Crippen molar-refractivity contribution in [3.63, 3.8) is 0 Å². The molecule has 0 bridgehead atoms. The summed E-state index contributed by atoms with van der Waals surface area (Å²) in [6.45, 7) is 10.5. The molecule has 12 heteroatoms. The first-order valence-electron chi connectivity index (χ1n) is 11.7. The van der Waals surface area contributed by atoms with Gasteiger partial charge in [0.2, 0.25) is 21.8 Å². The first-order chi connectivity index (χ1) is 17.2. The molecule has 0 radical (unpaired) electrons. The number of nitrogens with zero attached hydrogens (tertiary/aromatic N) is 2. The van der Waals surface area contributed by atoms with E-state index in [4.69, 9.17) is 9.15 Å². The first-order valence-corrected chi connectivity index (χ1v) is 13.2. The molecule has 0 aliphatic rings. The number of nitrogens with one attached hydrogen (secondary N) is 2.